The summed E-state index contributed by atoms with van der Waals surface area (Å²) in [6, 6.07) is 0. The number of carbonyl (C=O) groups excluding carboxylic acids is 4. The van der Waals surface area contributed by atoms with Crippen LogP contribution in [0.15, 0.2) is 0 Å². The molecule has 0 fully saturated rings. The minimum atomic E-state index is -4.95. The van der Waals surface area contributed by atoms with Gasteiger partial charge in [-0.25, -0.2) is 9.13 Å². The Morgan fingerprint density at radius 2 is 0.500 bits per heavy atom. The minimum absolute atomic E-state index is 0.103. The lowest BCUT2D eigenvalue weighted by atomic mass is 10.0. The summed E-state index contributed by atoms with van der Waals surface area (Å²) in [6.45, 7) is 9.47. The van der Waals surface area contributed by atoms with E-state index in [9.17, 15) is 43.2 Å². The van der Waals surface area contributed by atoms with E-state index in [-0.39, 0.29) is 25.7 Å². The Hall–Kier alpha value is -1.94. The average Bonchev–Trinajstić information content (AvgIpc) is 1.44. The summed E-state index contributed by atoms with van der Waals surface area (Å²) in [5, 5.41) is 10.6. The van der Waals surface area contributed by atoms with E-state index in [1.807, 2.05) is 0 Å². The number of rotatable bonds is 72. The van der Waals surface area contributed by atoms with Crippen molar-refractivity contribution in [2.24, 2.45) is 11.8 Å². The molecule has 0 aromatic heterocycles. The molecule has 0 radical (unpaired) electrons. The molecule has 0 aromatic carbocycles. The highest BCUT2D eigenvalue weighted by molar-refractivity contribution is 7.47. The molecule has 0 aromatic rings. The highest BCUT2D eigenvalue weighted by Crippen LogP contribution is 2.45. The number of hydrogen-bond acceptors (Lipinski definition) is 15. The maximum absolute atomic E-state index is 13.1. The Labute approximate surface area is 562 Å². The van der Waals surface area contributed by atoms with E-state index in [0.717, 1.165) is 109 Å². The first-order valence-corrected chi connectivity index (χ1v) is 41.0. The van der Waals surface area contributed by atoms with Crippen LogP contribution < -0.4 is 0 Å². The van der Waals surface area contributed by atoms with Crippen molar-refractivity contribution in [2.45, 2.75) is 394 Å². The fraction of sp³-hybridized carbons (Fsp3) is 0.945. The van der Waals surface area contributed by atoms with E-state index in [2.05, 4.69) is 41.5 Å². The van der Waals surface area contributed by atoms with Gasteiger partial charge in [0.1, 0.15) is 19.3 Å². The van der Waals surface area contributed by atoms with Crippen LogP contribution in [0.4, 0.5) is 0 Å². The zero-order valence-electron chi connectivity index (χ0n) is 59.9. The highest BCUT2D eigenvalue weighted by atomic mass is 31.2. The number of hydrogen-bond donors (Lipinski definition) is 3. The molecule has 0 saturated carbocycles. The standard InChI is InChI=1S/C73H142O17P2/c1-7-9-11-13-15-16-17-18-19-20-21-22-23-24-25-30-33-39-45-51-57-72(77)89-69(62-84-71(76)56-50-44-38-32-29-27-26-28-31-36-41-47-53-65(3)4)64-88-92(81,82)86-60-67(74)59-85-91(79,80)87-63-68(61-83-70(75)55-49-43-35-14-12-10-8-2)90-73(78)58-52-46-40-34-37-42-48-54-66(5)6/h65-69,74H,7-64H2,1-6H3,(H,79,80)(H,81,82)/t67-,68+,69+/m0/s1. The van der Waals surface area contributed by atoms with Crippen molar-refractivity contribution in [3.8, 4) is 0 Å². The molecule has 0 aliphatic rings. The van der Waals surface area contributed by atoms with Crippen molar-refractivity contribution in [3.05, 3.63) is 0 Å². The van der Waals surface area contributed by atoms with Gasteiger partial charge in [-0.1, -0.05) is 324 Å². The molecule has 546 valence electrons. The van der Waals surface area contributed by atoms with Gasteiger partial charge >= 0.3 is 39.5 Å². The summed E-state index contributed by atoms with van der Waals surface area (Å²) in [5.41, 5.74) is 0. The summed E-state index contributed by atoms with van der Waals surface area (Å²) >= 11 is 0. The van der Waals surface area contributed by atoms with Crippen molar-refractivity contribution in [2.75, 3.05) is 39.6 Å². The molecule has 0 aliphatic carbocycles. The zero-order valence-corrected chi connectivity index (χ0v) is 61.6. The fourth-order valence-corrected chi connectivity index (χ4v) is 12.7. The number of unbranched alkanes of at least 4 members (excludes halogenated alkanes) is 42. The van der Waals surface area contributed by atoms with E-state index in [4.69, 9.17) is 37.0 Å². The van der Waals surface area contributed by atoms with Crippen LogP contribution in [0.1, 0.15) is 375 Å². The number of carbonyl (C=O) groups is 4. The summed E-state index contributed by atoms with van der Waals surface area (Å²) in [4.78, 5) is 72.5. The number of ether oxygens (including phenoxy) is 4. The summed E-state index contributed by atoms with van der Waals surface area (Å²) in [7, 11) is -9.90. The van der Waals surface area contributed by atoms with Gasteiger partial charge in [-0.05, 0) is 37.5 Å². The molecule has 0 bridgehead atoms. The number of aliphatic hydroxyl groups is 1. The Bertz CT molecular complexity index is 1790. The fourth-order valence-electron chi connectivity index (χ4n) is 11.1. The van der Waals surface area contributed by atoms with E-state index >= 15 is 0 Å². The molecular formula is C73H142O17P2. The minimum Gasteiger partial charge on any atom is -0.462 e. The van der Waals surface area contributed by atoms with E-state index in [1.165, 1.54) is 180 Å². The molecule has 19 heteroatoms. The van der Waals surface area contributed by atoms with Gasteiger partial charge in [0.15, 0.2) is 12.2 Å². The van der Waals surface area contributed by atoms with Gasteiger partial charge < -0.3 is 33.8 Å². The first-order valence-electron chi connectivity index (χ1n) is 38.0. The van der Waals surface area contributed by atoms with Gasteiger partial charge in [-0.3, -0.25) is 37.3 Å². The number of phosphoric acid groups is 2. The second kappa shape index (κ2) is 65.0. The van der Waals surface area contributed by atoms with Crippen molar-refractivity contribution < 1.29 is 80.2 Å². The lowest BCUT2D eigenvalue weighted by Crippen LogP contribution is -2.30. The molecule has 17 nitrogen and oxygen atoms in total. The molecule has 0 saturated heterocycles. The molecule has 0 aliphatic heterocycles. The van der Waals surface area contributed by atoms with Crippen molar-refractivity contribution in [1.29, 1.82) is 0 Å². The third-order valence-corrected chi connectivity index (χ3v) is 18.9. The Morgan fingerprint density at radius 1 is 0.293 bits per heavy atom. The van der Waals surface area contributed by atoms with Gasteiger partial charge in [-0.2, -0.15) is 0 Å². The van der Waals surface area contributed by atoms with Gasteiger partial charge in [0.2, 0.25) is 0 Å². The molecule has 0 heterocycles. The van der Waals surface area contributed by atoms with E-state index < -0.39 is 97.5 Å². The number of aliphatic hydroxyl groups excluding tert-OH is 1. The van der Waals surface area contributed by atoms with Crippen LogP contribution >= 0.6 is 15.6 Å². The van der Waals surface area contributed by atoms with Crippen LogP contribution in [0.25, 0.3) is 0 Å². The van der Waals surface area contributed by atoms with Crippen molar-refractivity contribution >= 4 is 39.5 Å². The third-order valence-electron chi connectivity index (χ3n) is 17.0. The topological polar surface area (TPSA) is 237 Å². The Balaban J connectivity index is 5.17. The van der Waals surface area contributed by atoms with Crippen molar-refractivity contribution in [1.82, 2.24) is 0 Å². The number of esters is 4. The summed E-state index contributed by atoms with van der Waals surface area (Å²) in [5.74, 6) is -0.650. The average molecular weight is 1350 g/mol. The van der Waals surface area contributed by atoms with Crippen LogP contribution in [0.5, 0.6) is 0 Å². The van der Waals surface area contributed by atoms with Crippen LogP contribution in [-0.4, -0.2) is 96.7 Å². The maximum Gasteiger partial charge on any atom is 0.472 e. The molecular weight excluding hydrogens is 1210 g/mol. The first kappa shape index (κ1) is 90.1. The second-order valence-corrected chi connectivity index (χ2v) is 30.2. The predicted octanol–water partition coefficient (Wildman–Crippen LogP) is 21.2. The summed E-state index contributed by atoms with van der Waals surface area (Å²) < 4.78 is 68.2. The van der Waals surface area contributed by atoms with Crippen LogP contribution in [0.2, 0.25) is 0 Å². The molecule has 3 N–H and O–H groups in total. The molecule has 5 atom stereocenters. The lowest BCUT2D eigenvalue weighted by Gasteiger charge is -2.21. The lowest BCUT2D eigenvalue weighted by molar-refractivity contribution is -0.161. The SMILES string of the molecule is CCCCCCCCCCCCCCCCCCCCCCC(=O)O[C@H](COC(=O)CCCCCCCCCCCCCCC(C)C)COP(=O)(O)OC[C@@H](O)COP(=O)(O)OC[C@@H](COC(=O)CCCCCCCCC)OC(=O)CCCCCCCCCC(C)C. The van der Waals surface area contributed by atoms with E-state index in [0.29, 0.717) is 31.6 Å². The first-order chi connectivity index (χ1) is 44.4. The Morgan fingerprint density at radius 3 is 0.739 bits per heavy atom. The van der Waals surface area contributed by atoms with E-state index in [1.54, 1.807) is 0 Å². The van der Waals surface area contributed by atoms with Crippen molar-refractivity contribution in [3.63, 3.8) is 0 Å². The molecule has 92 heavy (non-hydrogen) atoms. The monoisotopic (exact) mass is 1350 g/mol. The second-order valence-electron chi connectivity index (χ2n) is 27.3. The van der Waals surface area contributed by atoms with Crippen LogP contribution in [0.3, 0.4) is 0 Å². The molecule has 0 amide bonds. The smallest absolute Gasteiger partial charge is 0.462 e. The third kappa shape index (κ3) is 66.7. The maximum atomic E-state index is 13.1. The predicted molar refractivity (Wildman–Crippen MR) is 372 cm³/mol. The quantitative estimate of drug-likeness (QED) is 0.0222. The Kier molecular flexibility index (Phi) is 63.7. The highest BCUT2D eigenvalue weighted by Gasteiger charge is 2.30. The normalized spacial score (nSPS) is 14.1. The van der Waals surface area contributed by atoms with Gasteiger partial charge in [0, 0.05) is 25.7 Å². The molecule has 0 spiro atoms. The molecule has 2 unspecified atom stereocenters. The van der Waals surface area contributed by atoms with Gasteiger partial charge in [-0.15, -0.1) is 0 Å². The zero-order chi connectivity index (χ0) is 67.9. The van der Waals surface area contributed by atoms with Gasteiger partial charge in [0.25, 0.3) is 0 Å². The van der Waals surface area contributed by atoms with Crippen LogP contribution in [0, 0.1) is 11.8 Å². The largest absolute Gasteiger partial charge is 0.472 e. The van der Waals surface area contributed by atoms with Gasteiger partial charge in [0.05, 0.1) is 26.4 Å². The number of phosphoric ester groups is 2. The van der Waals surface area contributed by atoms with Crippen LogP contribution in [-0.2, 0) is 65.4 Å². The summed E-state index contributed by atoms with van der Waals surface area (Å²) in [6.07, 6.45) is 51.7. The molecule has 0 rings (SSSR count).